The molecular weight excluding hydrogens is 286 g/mol. The van der Waals surface area contributed by atoms with Gasteiger partial charge in [-0.15, -0.1) is 0 Å². The molecule has 3 nitrogen and oxygen atoms in total. The second-order valence-electron chi connectivity index (χ2n) is 6.33. The lowest BCUT2D eigenvalue weighted by Crippen LogP contribution is -2.45. The minimum absolute atomic E-state index is 0.120. The Balaban J connectivity index is 1.68. The van der Waals surface area contributed by atoms with Crippen LogP contribution in [0.25, 0.3) is 0 Å². The summed E-state index contributed by atoms with van der Waals surface area (Å²) in [4.78, 5) is 13.6. The molecule has 2 aliphatic heterocycles. The van der Waals surface area contributed by atoms with E-state index in [1.54, 1.807) is 12.1 Å². The molecule has 120 valence electrons. The first kappa shape index (κ1) is 15.4. The highest BCUT2D eigenvalue weighted by molar-refractivity contribution is 5.94. The van der Waals surface area contributed by atoms with E-state index in [0.29, 0.717) is 24.4 Å². The summed E-state index contributed by atoms with van der Waals surface area (Å²) in [5.41, 5.74) is 1.75. The van der Waals surface area contributed by atoms with Crippen LogP contribution < -0.4 is 5.32 Å². The number of nitrogens with zero attached hydrogens (tertiary/aromatic N) is 1. The number of benzene rings is 1. The summed E-state index contributed by atoms with van der Waals surface area (Å²) < 4.78 is 26.9. The first-order valence-corrected chi connectivity index (χ1v) is 8.03. The van der Waals surface area contributed by atoms with Gasteiger partial charge in [-0.25, -0.2) is 8.78 Å². The molecule has 1 aromatic rings. The van der Waals surface area contributed by atoms with Gasteiger partial charge in [-0.3, -0.25) is 4.79 Å². The monoisotopic (exact) mass is 308 g/mol. The van der Waals surface area contributed by atoms with Gasteiger partial charge in [0.25, 0.3) is 11.8 Å². The van der Waals surface area contributed by atoms with E-state index in [1.807, 2.05) is 12.1 Å². The van der Waals surface area contributed by atoms with Crippen molar-refractivity contribution in [2.75, 3.05) is 26.2 Å². The van der Waals surface area contributed by atoms with Gasteiger partial charge in [0, 0.05) is 18.5 Å². The molecule has 2 fully saturated rings. The van der Waals surface area contributed by atoms with Crippen LogP contribution in [0.1, 0.15) is 47.5 Å². The van der Waals surface area contributed by atoms with Crippen molar-refractivity contribution in [1.82, 2.24) is 10.2 Å². The zero-order chi connectivity index (χ0) is 15.6. The highest BCUT2D eigenvalue weighted by Gasteiger charge is 2.37. The van der Waals surface area contributed by atoms with E-state index in [0.717, 1.165) is 25.9 Å². The lowest BCUT2D eigenvalue weighted by molar-refractivity contribution is -0.0560. The van der Waals surface area contributed by atoms with Crippen molar-refractivity contribution < 1.29 is 13.6 Å². The van der Waals surface area contributed by atoms with Crippen molar-refractivity contribution in [2.24, 2.45) is 0 Å². The third-order valence-electron chi connectivity index (χ3n) is 4.65. The van der Waals surface area contributed by atoms with Crippen LogP contribution in [0.5, 0.6) is 0 Å². The molecule has 2 heterocycles. The van der Waals surface area contributed by atoms with Gasteiger partial charge in [0.1, 0.15) is 0 Å². The topological polar surface area (TPSA) is 32.3 Å². The predicted octanol–water partition coefficient (Wildman–Crippen LogP) is 3.02. The van der Waals surface area contributed by atoms with Crippen LogP contribution in [0.2, 0.25) is 0 Å². The van der Waals surface area contributed by atoms with Gasteiger partial charge in [-0.1, -0.05) is 12.1 Å². The molecule has 0 aliphatic carbocycles. The Bertz CT molecular complexity index is 524. The van der Waals surface area contributed by atoms with E-state index in [4.69, 9.17) is 0 Å². The molecule has 0 spiro atoms. The van der Waals surface area contributed by atoms with E-state index < -0.39 is 12.5 Å². The zero-order valence-corrected chi connectivity index (χ0v) is 12.7. The fourth-order valence-corrected chi connectivity index (χ4v) is 3.37. The van der Waals surface area contributed by atoms with Crippen molar-refractivity contribution in [2.45, 2.75) is 37.5 Å². The molecule has 0 saturated carbocycles. The van der Waals surface area contributed by atoms with Crippen LogP contribution in [-0.2, 0) is 0 Å². The Morgan fingerprint density at radius 1 is 1.18 bits per heavy atom. The molecule has 5 heteroatoms. The average molecular weight is 308 g/mol. The highest BCUT2D eigenvalue weighted by atomic mass is 19.3. The summed E-state index contributed by atoms with van der Waals surface area (Å²) >= 11 is 0. The van der Waals surface area contributed by atoms with E-state index in [2.05, 4.69) is 5.32 Å². The molecule has 1 aromatic carbocycles. The van der Waals surface area contributed by atoms with Crippen molar-refractivity contribution in [3.05, 3.63) is 35.4 Å². The minimum Gasteiger partial charge on any atom is -0.333 e. The highest BCUT2D eigenvalue weighted by Crippen LogP contribution is 2.28. The molecule has 2 aliphatic rings. The third kappa shape index (κ3) is 3.46. The standard InChI is InChI=1S/C17H22F2N2O/c18-17(19)8-1-11-21(12-17)16(22)15-4-2-13(3-5-15)14-6-9-20-10-7-14/h2-5,14,20H,1,6-12H2. The first-order valence-electron chi connectivity index (χ1n) is 8.03. The van der Waals surface area contributed by atoms with E-state index >= 15 is 0 Å². The van der Waals surface area contributed by atoms with Crippen molar-refractivity contribution >= 4 is 5.91 Å². The van der Waals surface area contributed by atoms with Crippen LogP contribution in [0, 0.1) is 0 Å². The zero-order valence-electron chi connectivity index (χ0n) is 12.7. The van der Waals surface area contributed by atoms with Crippen LogP contribution in [0.4, 0.5) is 8.78 Å². The Kier molecular flexibility index (Phi) is 4.43. The maximum atomic E-state index is 13.4. The molecule has 2 saturated heterocycles. The van der Waals surface area contributed by atoms with Gasteiger partial charge < -0.3 is 10.2 Å². The number of hydrogen-bond donors (Lipinski definition) is 1. The summed E-state index contributed by atoms with van der Waals surface area (Å²) in [6.45, 7) is 2.01. The van der Waals surface area contributed by atoms with Gasteiger partial charge in [0.15, 0.2) is 0 Å². The van der Waals surface area contributed by atoms with Gasteiger partial charge >= 0.3 is 0 Å². The van der Waals surface area contributed by atoms with E-state index in [9.17, 15) is 13.6 Å². The van der Waals surface area contributed by atoms with Crippen LogP contribution in [-0.4, -0.2) is 42.9 Å². The molecule has 0 radical (unpaired) electrons. The Labute approximate surface area is 129 Å². The smallest absolute Gasteiger partial charge is 0.265 e. The lowest BCUT2D eigenvalue weighted by Gasteiger charge is -2.32. The van der Waals surface area contributed by atoms with Gasteiger partial charge in [0.2, 0.25) is 0 Å². The van der Waals surface area contributed by atoms with Crippen LogP contribution in [0.3, 0.4) is 0 Å². The fourth-order valence-electron chi connectivity index (χ4n) is 3.37. The van der Waals surface area contributed by atoms with E-state index in [1.165, 1.54) is 10.5 Å². The molecule has 0 unspecified atom stereocenters. The van der Waals surface area contributed by atoms with Crippen molar-refractivity contribution in [3.63, 3.8) is 0 Å². The first-order chi connectivity index (χ1) is 10.6. The molecule has 0 bridgehead atoms. The number of likely N-dealkylation sites (tertiary alicyclic amines) is 1. The van der Waals surface area contributed by atoms with Gasteiger partial charge in [-0.05, 0) is 56.0 Å². The maximum absolute atomic E-state index is 13.4. The molecule has 0 aromatic heterocycles. The summed E-state index contributed by atoms with van der Waals surface area (Å²) in [5, 5.41) is 3.33. The second-order valence-corrected chi connectivity index (χ2v) is 6.33. The Morgan fingerprint density at radius 2 is 1.86 bits per heavy atom. The number of nitrogens with one attached hydrogen (secondary N) is 1. The maximum Gasteiger partial charge on any atom is 0.265 e. The lowest BCUT2D eigenvalue weighted by atomic mass is 9.90. The summed E-state index contributed by atoms with van der Waals surface area (Å²) in [5.74, 6) is -2.50. The quantitative estimate of drug-likeness (QED) is 0.911. The number of piperidine rings is 2. The number of amides is 1. The molecule has 22 heavy (non-hydrogen) atoms. The summed E-state index contributed by atoms with van der Waals surface area (Å²) in [6, 6.07) is 7.52. The largest absolute Gasteiger partial charge is 0.333 e. The van der Waals surface area contributed by atoms with Crippen LogP contribution >= 0.6 is 0 Å². The average Bonchev–Trinajstić information content (AvgIpc) is 2.54. The van der Waals surface area contributed by atoms with E-state index in [-0.39, 0.29) is 12.3 Å². The number of halogens is 2. The second kappa shape index (κ2) is 6.32. The van der Waals surface area contributed by atoms with Crippen molar-refractivity contribution in [3.8, 4) is 0 Å². The molecular formula is C17H22F2N2O. The fraction of sp³-hybridized carbons (Fsp3) is 0.588. The Hall–Kier alpha value is -1.49. The summed E-state index contributed by atoms with van der Waals surface area (Å²) in [7, 11) is 0. The Morgan fingerprint density at radius 3 is 2.50 bits per heavy atom. The summed E-state index contributed by atoms with van der Waals surface area (Å²) in [6.07, 6.45) is 2.45. The number of hydrogen-bond acceptors (Lipinski definition) is 2. The number of alkyl halides is 2. The predicted molar refractivity (Wildman–Crippen MR) is 81.4 cm³/mol. The molecule has 1 N–H and O–H groups in total. The van der Waals surface area contributed by atoms with Crippen molar-refractivity contribution in [1.29, 1.82) is 0 Å². The molecule has 3 rings (SSSR count). The number of carbonyl (C=O) groups is 1. The molecule has 0 atom stereocenters. The number of rotatable bonds is 2. The van der Waals surface area contributed by atoms with Gasteiger partial charge in [-0.2, -0.15) is 0 Å². The normalized spacial score (nSPS) is 22.5. The number of carbonyl (C=O) groups excluding carboxylic acids is 1. The molecule has 1 amide bonds. The minimum atomic E-state index is -2.75. The van der Waals surface area contributed by atoms with Crippen LogP contribution in [0.15, 0.2) is 24.3 Å². The third-order valence-corrected chi connectivity index (χ3v) is 4.65. The SMILES string of the molecule is O=C(c1ccc(C2CCNCC2)cc1)N1CCCC(F)(F)C1. The van der Waals surface area contributed by atoms with Gasteiger partial charge in [0.05, 0.1) is 6.54 Å².